The molecule has 6 aromatic rings. The average molecular weight is 1950 g/mol. The van der Waals surface area contributed by atoms with E-state index in [1.165, 1.54) is 41.8 Å². The predicted molar refractivity (Wildman–Crippen MR) is 456 cm³/mol. The molecule has 3 radical (unpaired) electrons. The van der Waals surface area contributed by atoms with Gasteiger partial charge in [0.25, 0.3) is 0 Å². The zero-order chi connectivity index (χ0) is 93.1. The van der Waals surface area contributed by atoms with Crippen LogP contribution in [0.4, 0.5) is 31.9 Å². The average Bonchev–Trinajstić information content (AvgIpc) is 1.64. The second kappa shape index (κ2) is 41.0. The topological polar surface area (TPSA) is 394 Å². The van der Waals surface area contributed by atoms with Crippen molar-refractivity contribution < 1.29 is 169 Å². The normalized spacial score (nSPS) is 29.4. The quantitative estimate of drug-likeness (QED) is 0.0759. The number of Topliss-reactive ketones (excluding diaryl/α,β-unsaturated/α-hetero) is 2. The van der Waals surface area contributed by atoms with Crippen LogP contribution >= 0.6 is 0 Å². The van der Waals surface area contributed by atoms with Crippen molar-refractivity contribution in [3.8, 4) is 34.9 Å². The Morgan fingerprint density at radius 1 is 0.417 bits per heavy atom. The number of hydrogen-bond acceptors (Lipinski definition) is 26. The van der Waals surface area contributed by atoms with Crippen molar-refractivity contribution in [1.29, 1.82) is 0 Å². The fourth-order valence-electron chi connectivity index (χ4n) is 18.0. The van der Waals surface area contributed by atoms with Gasteiger partial charge in [-0.05, 0) is 140 Å². The molecule has 3 aromatic heterocycles. The van der Waals surface area contributed by atoms with Crippen LogP contribution in [0.5, 0.6) is 34.9 Å². The number of ether oxygens (including phenoxy) is 9. The number of nitrogens with one attached hydrogen (secondary N) is 3. The Morgan fingerprint density at radius 3 is 1.06 bits per heavy atom. The van der Waals surface area contributed by atoms with E-state index in [-0.39, 0.29) is 147 Å². The van der Waals surface area contributed by atoms with Crippen LogP contribution in [0.3, 0.4) is 0 Å². The number of nitrogens with zero attached hydrogens (tertiary/aromatic N) is 9. The third-order valence-corrected chi connectivity index (χ3v) is 26.8. The van der Waals surface area contributed by atoms with Crippen LogP contribution in [0.25, 0.3) is 33.1 Å². The van der Waals surface area contributed by atoms with Crippen LogP contribution in [0.1, 0.15) is 184 Å². The summed E-state index contributed by atoms with van der Waals surface area (Å²) in [5, 5.41) is 8.03. The molecule has 711 valence electrons. The molecular weight excluding hydrogens is 1830 g/mol. The van der Waals surface area contributed by atoms with Gasteiger partial charge < -0.3 is 87.7 Å². The number of carbonyl (C=O) groups excluding carboxylic acids is 11. The number of aryl methyl sites for hydroxylation is 3. The van der Waals surface area contributed by atoms with Crippen LogP contribution in [-0.2, 0) is 127 Å². The van der Waals surface area contributed by atoms with E-state index in [2.05, 4.69) is 42.2 Å². The maximum Gasteiger partial charge on any atom is 0.408 e. The molecule has 7 fully saturated rings. The molecule has 4 saturated carbocycles. The second-order valence-electron chi connectivity index (χ2n) is 39.3. The van der Waals surface area contributed by atoms with Crippen LogP contribution in [0, 0.1) is 57.2 Å². The molecule has 6 amide bonds. The monoisotopic (exact) mass is 1950 g/mol. The van der Waals surface area contributed by atoms with E-state index in [4.69, 9.17) is 52.6 Å². The van der Waals surface area contributed by atoms with Gasteiger partial charge in [0.15, 0.2) is 0 Å². The van der Waals surface area contributed by atoms with Gasteiger partial charge in [-0.3, -0.25) is 24.0 Å². The van der Waals surface area contributed by atoms with Gasteiger partial charge >= 0.3 is 30.1 Å². The number of benzene rings is 3. The number of methoxy groups -OCH3 is 3. The second-order valence-corrected chi connectivity index (χ2v) is 39.3. The Bertz CT molecular complexity index is 5330. The number of halogens is 4. The summed E-state index contributed by atoms with van der Waals surface area (Å²) in [4.78, 5) is 174. The van der Waals surface area contributed by atoms with E-state index in [1.807, 2.05) is 65.4 Å². The number of carbonyl (C=O) groups is 8. The Morgan fingerprint density at radius 2 is 0.735 bits per heavy atom. The minimum Gasteiger partial charge on any atom is -0.540 e. The molecule has 9 heterocycles. The van der Waals surface area contributed by atoms with Crippen LogP contribution < -0.4 is 44.4 Å². The molecule has 18 atom stereocenters. The summed E-state index contributed by atoms with van der Waals surface area (Å²) in [5.41, 5.74) is 2.12. The van der Waals surface area contributed by atoms with Gasteiger partial charge in [-0.25, -0.2) is 63.1 Å². The largest absolute Gasteiger partial charge is 0.540 e. The number of hydrogen-bond donors (Lipinski definition) is 3. The van der Waals surface area contributed by atoms with E-state index >= 15 is 17.6 Å². The predicted octanol–water partition coefficient (Wildman–Crippen LogP) is 11.6. The van der Waals surface area contributed by atoms with Gasteiger partial charge in [0.2, 0.25) is 46.9 Å². The molecule has 3 aromatic carbocycles. The van der Waals surface area contributed by atoms with Crippen molar-refractivity contribution in [2.45, 2.75) is 271 Å². The maximum absolute atomic E-state index is 15.1. The van der Waals surface area contributed by atoms with Gasteiger partial charge in [0.05, 0.1) is 74.1 Å². The standard InChI is InChI=1S/C32H41N4O6.C31H37F2N4O7.C30H35F2N4O7.3V/c1-18-24(17-37)36-16-26(18)41-28-22(33-21-7-6-20(40-5)15-23(21)34-28)9-11-32(12-13-32)10-8-19-14-25(19)42-30(39)35-27(29(36)38)31(2,3)4;1-6-18-22(15-38)37-14-24(18)43-27-20(34-19-8-7-17(42-5)13-21(19)35-27)9-10-31(32,33)25(39)12-16-11-23(16)44-29(41)36-26(28(37)40)30(2,3)4;1-15-21(14-37)36-13-23(15)42-26-19(33-18-7-6-17(41-5)12-20(18)34-26)8-9-30(31,32)24(38)11-16-10-22(16)43-28(40)35-25(27(36)39)29(2,3)4;;;/h6-7,15,18-19,24-27H,8-14,16H2,1-5H3,(H,35,39);7-8,13,16,18,22-24,26H,6,9-12,14H2,1-5H3,(H,36,41);6-7,12,15-16,21-23,25H,8-11,13H2,1-5H3,(H,35,40);;;/q3*-1;;;/t18-,19+,24+,25+,26-,27+;16-,18-,22+,23+,24-,26+;15-,16-,21+,22+,23-,25+;;;/m000.../s1. The molecule has 0 unspecified atom stereocenters. The molecule has 4 aliphatic carbocycles. The number of aromatic nitrogens is 6. The smallest absolute Gasteiger partial charge is 0.408 e. The minimum absolute atomic E-state index is 0. The molecule has 6 bridgehead atoms. The summed E-state index contributed by atoms with van der Waals surface area (Å²) in [7, 11) is 4.59. The first-order chi connectivity index (χ1) is 61.0. The van der Waals surface area contributed by atoms with Crippen molar-refractivity contribution >= 4 is 99.5 Å². The number of fused-ring (bicyclic) bond motifs is 15. The first-order valence-electron chi connectivity index (χ1n) is 44.3. The summed E-state index contributed by atoms with van der Waals surface area (Å²) in [6.45, 7) is 21.7. The Labute approximate surface area is 798 Å². The Hall–Kier alpha value is -9.48. The first kappa shape index (κ1) is 103. The summed E-state index contributed by atoms with van der Waals surface area (Å²) >= 11 is 0. The number of alkyl carbamates (subject to hydrolysis) is 3. The molecule has 3 N–H and O–H groups in total. The van der Waals surface area contributed by atoms with Crippen molar-refractivity contribution in [2.24, 2.45) is 57.2 Å². The molecule has 3 saturated heterocycles. The first-order valence-corrected chi connectivity index (χ1v) is 44.3. The molecule has 10 aliphatic rings. The molecule has 132 heavy (non-hydrogen) atoms. The molecule has 1 spiro atoms. The van der Waals surface area contributed by atoms with Gasteiger partial charge in [-0.15, -0.1) is 0 Å². The number of ketones is 2. The van der Waals surface area contributed by atoms with E-state index in [1.54, 1.807) is 92.0 Å². The van der Waals surface area contributed by atoms with E-state index < -0.39 is 186 Å². The van der Waals surface area contributed by atoms with Gasteiger partial charge in [0.1, 0.15) is 89.1 Å². The van der Waals surface area contributed by atoms with Crippen molar-refractivity contribution in [1.82, 2.24) is 60.6 Å². The molecule has 16 rings (SSSR count). The third kappa shape index (κ3) is 23.2. The van der Waals surface area contributed by atoms with Crippen molar-refractivity contribution in [2.75, 3.05) is 41.0 Å². The van der Waals surface area contributed by atoms with E-state index in [0.717, 1.165) is 43.3 Å². The van der Waals surface area contributed by atoms with Crippen molar-refractivity contribution in [3.05, 3.63) is 71.7 Å². The molecular formula is C93H113F4N12O20V3-3. The fraction of sp³-hybridized carbons (Fsp3) is 0.624. The molecule has 32 nitrogen and oxygen atoms in total. The van der Waals surface area contributed by atoms with Gasteiger partial charge in [0, 0.05) is 124 Å². The molecule has 39 heteroatoms. The summed E-state index contributed by atoms with van der Waals surface area (Å²) in [5.74, 6) is -11.4. The maximum atomic E-state index is 15.1. The van der Waals surface area contributed by atoms with Gasteiger partial charge in [-0.1, -0.05) is 108 Å². The van der Waals surface area contributed by atoms with E-state index in [9.17, 15) is 52.7 Å². The fourth-order valence-corrected chi connectivity index (χ4v) is 18.0. The Balaban J connectivity index is 0.000000189. The summed E-state index contributed by atoms with van der Waals surface area (Å²) in [6, 6.07) is 9.59. The number of alkyl halides is 4. The SMILES string of the molecule is CC[C@@H]1[C@@H]2CN(C(=O)[C@H](C(C)(C)C)NC(=O)O[C@@H]3C[C@H]3CC(=O)C(F)(F)CCc3nc4ccc(OC)cc4nc3O2)[C@@H]1[C-]=O.COc1ccc2nc3c(nc2c1)O[C@H]1CN(C(=O)[C@H](C(C)(C)C)NC(=O)O[C@@H]2C[C@H]2CC(=O)C(F)(F)CC3)[C@H]([C-]=O)[C@@H]1C.COc1ccc2nc3c(nc2c1)O[C@H]1CN(C(=O)[C@H](C(C)(C)C)NC(=O)O[C@@H]2C[C@H]2CCC2(CC3)CC2)[C@H]([C-]=O)[C@@H]1C.[V].[V].[V]. The van der Waals surface area contributed by atoms with Crippen LogP contribution in [0.2, 0.25) is 0 Å². The Kier molecular flexibility index (Phi) is 32.0. The van der Waals surface area contributed by atoms with Crippen LogP contribution in [-0.4, -0.2) is 237 Å². The zero-order valence-corrected chi connectivity index (χ0v) is 80.8. The zero-order valence-electron chi connectivity index (χ0n) is 76.6. The van der Waals surface area contributed by atoms with Gasteiger partial charge in [-0.2, -0.15) is 17.6 Å². The van der Waals surface area contributed by atoms with Crippen LogP contribution in [0.15, 0.2) is 54.6 Å². The summed E-state index contributed by atoms with van der Waals surface area (Å²) < 4.78 is 112. The van der Waals surface area contributed by atoms with E-state index in [0.29, 0.717) is 63.1 Å². The minimum atomic E-state index is -3.66. The third-order valence-electron chi connectivity index (χ3n) is 26.8. The number of rotatable bonds is 7. The summed E-state index contributed by atoms with van der Waals surface area (Å²) in [6.07, 6.45) is 4.68. The number of amides is 6. The molecule has 6 aliphatic heterocycles. The van der Waals surface area contributed by atoms with Crippen molar-refractivity contribution in [3.63, 3.8) is 0 Å².